The molecule has 3 aromatic rings. The van der Waals surface area contributed by atoms with Crippen molar-refractivity contribution in [3.8, 4) is 0 Å². The number of hydrogen-bond acceptors (Lipinski definition) is 3. The number of nitrogens with two attached hydrogens (primary N) is 1. The molecule has 0 spiro atoms. The summed E-state index contributed by atoms with van der Waals surface area (Å²) in [6.45, 7) is 1.99. The third-order valence-corrected chi connectivity index (χ3v) is 4.17. The Morgan fingerprint density at radius 1 is 1.24 bits per heavy atom. The molecule has 0 aliphatic heterocycles. The predicted molar refractivity (Wildman–Crippen MR) is 88.3 cm³/mol. The predicted octanol–water partition coefficient (Wildman–Crippen LogP) is 4.77. The van der Waals surface area contributed by atoms with Crippen molar-refractivity contribution in [2.75, 3.05) is 11.1 Å². The minimum Gasteiger partial charge on any atom is -0.398 e. The summed E-state index contributed by atoms with van der Waals surface area (Å²) in [4.78, 5) is 4.24. The van der Waals surface area contributed by atoms with Crippen molar-refractivity contribution in [3.63, 3.8) is 0 Å². The highest BCUT2D eigenvalue weighted by Crippen LogP contribution is 2.32. The SMILES string of the molecule is Cc1ccc(Nc2c(F)cc(N)c3cccnc23)cc1Br. The van der Waals surface area contributed by atoms with Gasteiger partial charge in [0, 0.05) is 27.4 Å². The van der Waals surface area contributed by atoms with E-state index in [9.17, 15) is 4.39 Å². The fourth-order valence-electron chi connectivity index (χ4n) is 2.17. The third-order valence-electron chi connectivity index (χ3n) is 3.32. The third kappa shape index (κ3) is 2.56. The lowest BCUT2D eigenvalue weighted by Gasteiger charge is -2.12. The van der Waals surface area contributed by atoms with Crippen LogP contribution < -0.4 is 11.1 Å². The molecule has 0 saturated carbocycles. The highest BCUT2D eigenvalue weighted by atomic mass is 79.9. The molecule has 1 heterocycles. The second-order valence-corrected chi connectivity index (χ2v) is 5.67. The van der Waals surface area contributed by atoms with E-state index in [0.29, 0.717) is 16.9 Å². The summed E-state index contributed by atoms with van der Waals surface area (Å²) in [6.07, 6.45) is 1.62. The van der Waals surface area contributed by atoms with Gasteiger partial charge >= 0.3 is 0 Å². The maximum Gasteiger partial charge on any atom is 0.150 e. The number of pyridine rings is 1. The summed E-state index contributed by atoms with van der Waals surface area (Å²) < 4.78 is 15.2. The number of fused-ring (bicyclic) bond motifs is 1. The molecule has 0 aliphatic carbocycles. The highest BCUT2D eigenvalue weighted by molar-refractivity contribution is 9.10. The number of nitrogens with zero attached hydrogens (tertiary/aromatic N) is 1. The van der Waals surface area contributed by atoms with Gasteiger partial charge in [-0.05, 0) is 42.8 Å². The van der Waals surface area contributed by atoms with Crippen LogP contribution >= 0.6 is 15.9 Å². The molecule has 0 bridgehead atoms. The molecule has 0 atom stereocenters. The number of nitrogen functional groups attached to an aromatic ring is 1. The van der Waals surface area contributed by atoms with Gasteiger partial charge in [0.05, 0.1) is 5.52 Å². The molecule has 5 heteroatoms. The standard InChI is InChI=1S/C16H13BrFN3/c1-9-4-5-10(7-12(9)17)21-16-13(18)8-14(19)11-3-2-6-20-15(11)16/h2-8,21H,19H2,1H3. The number of rotatable bonds is 2. The number of halogens is 2. The van der Waals surface area contributed by atoms with Crippen molar-refractivity contribution in [3.05, 3.63) is 58.4 Å². The number of hydrogen-bond donors (Lipinski definition) is 2. The number of aryl methyl sites for hydroxylation is 1. The van der Waals surface area contributed by atoms with Crippen LogP contribution in [0.15, 0.2) is 47.1 Å². The Labute approximate surface area is 130 Å². The smallest absolute Gasteiger partial charge is 0.150 e. The largest absolute Gasteiger partial charge is 0.398 e. The van der Waals surface area contributed by atoms with Crippen LogP contribution in [0.4, 0.5) is 21.5 Å². The number of aromatic nitrogens is 1. The number of nitrogens with one attached hydrogen (secondary N) is 1. The van der Waals surface area contributed by atoms with Crippen molar-refractivity contribution < 1.29 is 4.39 Å². The van der Waals surface area contributed by atoms with Crippen LogP contribution in [0.1, 0.15) is 5.56 Å². The summed E-state index contributed by atoms with van der Waals surface area (Å²) in [7, 11) is 0. The lowest BCUT2D eigenvalue weighted by molar-refractivity contribution is 0.634. The van der Waals surface area contributed by atoms with Gasteiger partial charge in [-0.2, -0.15) is 0 Å². The monoisotopic (exact) mass is 345 g/mol. The zero-order valence-electron chi connectivity index (χ0n) is 11.3. The van der Waals surface area contributed by atoms with E-state index in [2.05, 4.69) is 26.2 Å². The van der Waals surface area contributed by atoms with Crippen LogP contribution in [0.3, 0.4) is 0 Å². The topological polar surface area (TPSA) is 50.9 Å². The van der Waals surface area contributed by atoms with Crippen molar-refractivity contribution in [2.24, 2.45) is 0 Å². The Kier molecular flexibility index (Phi) is 3.51. The molecule has 21 heavy (non-hydrogen) atoms. The van der Waals surface area contributed by atoms with Gasteiger partial charge in [-0.1, -0.05) is 22.0 Å². The molecule has 3 nitrogen and oxygen atoms in total. The molecule has 0 fully saturated rings. The van der Waals surface area contributed by atoms with Crippen molar-refractivity contribution in [2.45, 2.75) is 6.92 Å². The van der Waals surface area contributed by atoms with Gasteiger partial charge in [0.1, 0.15) is 5.69 Å². The molecule has 3 N–H and O–H groups in total. The average Bonchev–Trinajstić information content (AvgIpc) is 2.47. The van der Waals surface area contributed by atoms with Gasteiger partial charge in [0.25, 0.3) is 0 Å². The maximum absolute atomic E-state index is 14.3. The number of anilines is 3. The molecular formula is C16H13BrFN3. The Hall–Kier alpha value is -2.14. The average molecular weight is 346 g/mol. The van der Waals surface area contributed by atoms with Gasteiger partial charge in [-0.15, -0.1) is 0 Å². The molecule has 1 aromatic heterocycles. The first kappa shape index (κ1) is 13.8. The van der Waals surface area contributed by atoms with E-state index in [0.717, 1.165) is 21.1 Å². The van der Waals surface area contributed by atoms with Crippen molar-refractivity contribution >= 4 is 43.9 Å². The summed E-state index contributed by atoms with van der Waals surface area (Å²) in [5, 5.41) is 3.82. The minimum atomic E-state index is -0.421. The van der Waals surface area contributed by atoms with Crippen LogP contribution in [-0.2, 0) is 0 Å². The van der Waals surface area contributed by atoms with Gasteiger partial charge in [-0.25, -0.2) is 4.39 Å². The first-order valence-corrected chi connectivity index (χ1v) is 7.21. The Morgan fingerprint density at radius 2 is 2.05 bits per heavy atom. The first-order valence-electron chi connectivity index (χ1n) is 6.42. The van der Waals surface area contributed by atoms with E-state index < -0.39 is 5.82 Å². The van der Waals surface area contributed by atoms with Crippen LogP contribution in [0.2, 0.25) is 0 Å². The minimum absolute atomic E-state index is 0.329. The van der Waals surface area contributed by atoms with Crippen molar-refractivity contribution in [1.29, 1.82) is 0 Å². The first-order chi connectivity index (χ1) is 10.1. The van der Waals surface area contributed by atoms with Gasteiger partial charge < -0.3 is 11.1 Å². The van der Waals surface area contributed by atoms with Gasteiger partial charge in [0.2, 0.25) is 0 Å². The Morgan fingerprint density at radius 3 is 2.81 bits per heavy atom. The molecule has 3 rings (SSSR count). The molecule has 0 radical (unpaired) electrons. The fraction of sp³-hybridized carbons (Fsp3) is 0.0625. The molecule has 0 amide bonds. The van der Waals surface area contributed by atoms with Crippen LogP contribution in [0.5, 0.6) is 0 Å². The molecular weight excluding hydrogens is 333 g/mol. The normalized spacial score (nSPS) is 10.8. The van der Waals surface area contributed by atoms with E-state index in [1.54, 1.807) is 12.3 Å². The second kappa shape index (κ2) is 5.33. The quantitative estimate of drug-likeness (QED) is 0.657. The second-order valence-electron chi connectivity index (χ2n) is 4.81. The summed E-state index contributed by atoms with van der Waals surface area (Å²) in [6, 6.07) is 10.7. The van der Waals surface area contributed by atoms with E-state index in [1.165, 1.54) is 6.07 Å². The lowest BCUT2D eigenvalue weighted by Crippen LogP contribution is -1.99. The molecule has 0 aliphatic rings. The maximum atomic E-state index is 14.3. The molecule has 106 valence electrons. The van der Waals surface area contributed by atoms with E-state index in [4.69, 9.17) is 5.73 Å². The molecule has 0 unspecified atom stereocenters. The zero-order valence-corrected chi connectivity index (χ0v) is 12.9. The molecule has 2 aromatic carbocycles. The van der Waals surface area contributed by atoms with Crippen molar-refractivity contribution in [1.82, 2.24) is 4.98 Å². The zero-order chi connectivity index (χ0) is 15.0. The van der Waals surface area contributed by atoms with Crippen LogP contribution in [0.25, 0.3) is 10.9 Å². The molecule has 0 saturated heterocycles. The van der Waals surface area contributed by atoms with Gasteiger partial charge in [0.15, 0.2) is 5.82 Å². The lowest BCUT2D eigenvalue weighted by atomic mass is 10.1. The summed E-state index contributed by atoms with van der Waals surface area (Å²) in [5.74, 6) is -0.421. The van der Waals surface area contributed by atoms with E-state index in [-0.39, 0.29) is 0 Å². The fourth-order valence-corrected chi connectivity index (χ4v) is 2.55. The van der Waals surface area contributed by atoms with Crippen LogP contribution in [0, 0.1) is 12.7 Å². The van der Waals surface area contributed by atoms with E-state index in [1.807, 2.05) is 31.2 Å². The Balaban J connectivity index is 2.14. The van der Waals surface area contributed by atoms with E-state index >= 15 is 0 Å². The summed E-state index contributed by atoms with van der Waals surface area (Å²) >= 11 is 3.47. The number of benzene rings is 2. The Bertz CT molecular complexity index is 833. The highest BCUT2D eigenvalue weighted by Gasteiger charge is 2.12. The van der Waals surface area contributed by atoms with Gasteiger partial charge in [-0.3, -0.25) is 4.98 Å². The summed E-state index contributed by atoms with van der Waals surface area (Å²) in [5.41, 5.74) is 8.97. The van der Waals surface area contributed by atoms with Crippen LogP contribution in [-0.4, -0.2) is 4.98 Å².